The highest BCUT2D eigenvalue weighted by Gasteiger charge is 2.13. The molecule has 1 aromatic carbocycles. The van der Waals surface area contributed by atoms with Crippen LogP contribution >= 0.6 is 0 Å². The monoisotopic (exact) mass is 246 g/mol. The maximum atomic E-state index is 13.8. The molecule has 0 saturated heterocycles. The number of nitrogens with zero attached hydrogens (tertiary/aromatic N) is 2. The van der Waals surface area contributed by atoms with E-state index < -0.39 is 5.82 Å². The standard InChI is InChI=1S/C12H11FN4O/c1-15-12(18)7-2-3-9(13)8(4-7)11-10(14)5-16-6-17-11/h2-6H,14H2,1H3,(H,15,18). The molecule has 0 aliphatic heterocycles. The van der Waals surface area contributed by atoms with E-state index in [4.69, 9.17) is 5.73 Å². The van der Waals surface area contributed by atoms with E-state index in [-0.39, 0.29) is 22.9 Å². The summed E-state index contributed by atoms with van der Waals surface area (Å²) in [6.45, 7) is 0. The molecule has 3 N–H and O–H groups in total. The summed E-state index contributed by atoms with van der Waals surface area (Å²) in [4.78, 5) is 19.2. The van der Waals surface area contributed by atoms with Gasteiger partial charge in [-0.3, -0.25) is 4.79 Å². The number of anilines is 1. The molecule has 0 aliphatic carbocycles. The molecule has 1 aromatic heterocycles. The second-order valence-electron chi connectivity index (χ2n) is 3.60. The van der Waals surface area contributed by atoms with Gasteiger partial charge < -0.3 is 11.1 Å². The second-order valence-corrected chi connectivity index (χ2v) is 3.60. The lowest BCUT2D eigenvalue weighted by Crippen LogP contribution is -2.17. The zero-order valence-corrected chi connectivity index (χ0v) is 9.64. The fourth-order valence-electron chi connectivity index (χ4n) is 1.56. The van der Waals surface area contributed by atoms with Gasteiger partial charge in [-0.1, -0.05) is 0 Å². The average molecular weight is 246 g/mol. The summed E-state index contributed by atoms with van der Waals surface area (Å²) in [5.41, 5.74) is 6.73. The summed E-state index contributed by atoms with van der Waals surface area (Å²) in [6.07, 6.45) is 2.66. The van der Waals surface area contributed by atoms with Crippen molar-refractivity contribution in [1.29, 1.82) is 0 Å². The smallest absolute Gasteiger partial charge is 0.251 e. The highest BCUT2D eigenvalue weighted by Crippen LogP contribution is 2.26. The number of nitrogens with two attached hydrogens (primary N) is 1. The molecule has 5 nitrogen and oxygen atoms in total. The van der Waals surface area contributed by atoms with E-state index >= 15 is 0 Å². The van der Waals surface area contributed by atoms with Crippen LogP contribution in [0.1, 0.15) is 10.4 Å². The predicted molar refractivity (Wildman–Crippen MR) is 65.2 cm³/mol. The number of benzene rings is 1. The third kappa shape index (κ3) is 2.13. The van der Waals surface area contributed by atoms with E-state index in [2.05, 4.69) is 15.3 Å². The third-order valence-corrected chi connectivity index (χ3v) is 2.45. The summed E-state index contributed by atoms with van der Waals surface area (Å²) >= 11 is 0. The van der Waals surface area contributed by atoms with Gasteiger partial charge in [0.05, 0.1) is 17.6 Å². The number of carbonyl (C=O) groups excluding carboxylic acids is 1. The first kappa shape index (κ1) is 12.0. The first-order valence-electron chi connectivity index (χ1n) is 5.21. The number of nitrogens with one attached hydrogen (secondary N) is 1. The minimum Gasteiger partial charge on any atom is -0.396 e. The van der Waals surface area contributed by atoms with Crippen LogP contribution in [0.15, 0.2) is 30.7 Å². The summed E-state index contributed by atoms with van der Waals surface area (Å²) in [6, 6.07) is 4.02. The molecule has 1 heterocycles. The molecule has 0 radical (unpaired) electrons. The molecule has 18 heavy (non-hydrogen) atoms. The molecule has 2 rings (SSSR count). The first-order chi connectivity index (χ1) is 8.63. The maximum Gasteiger partial charge on any atom is 0.251 e. The molecular formula is C12H11FN4O. The van der Waals surface area contributed by atoms with Crippen LogP contribution in [-0.4, -0.2) is 22.9 Å². The third-order valence-electron chi connectivity index (χ3n) is 2.45. The molecule has 92 valence electrons. The number of amides is 1. The Morgan fingerprint density at radius 2 is 2.22 bits per heavy atom. The van der Waals surface area contributed by atoms with Gasteiger partial charge in [0.1, 0.15) is 12.1 Å². The van der Waals surface area contributed by atoms with Crippen molar-refractivity contribution in [3.05, 3.63) is 42.1 Å². The van der Waals surface area contributed by atoms with Crippen molar-refractivity contribution in [3.8, 4) is 11.3 Å². The van der Waals surface area contributed by atoms with Crippen LogP contribution in [0.5, 0.6) is 0 Å². The Kier molecular flexibility index (Phi) is 3.18. The highest BCUT2D eigenvalue weighted by atomic mass is 19.1. The van der Waals surface area contributed by atoms with E-state index in [0.29, 0.717) is 5.56 Å². The Labute approximate surface area is 103 Å². The van der Waals surface area contributed by atoms with Gasteiger partial charge in [-0.05, 0) is 18.2 Å². The van der Waals surface area contributed by atoms with Crippen molar-refractivity contribution in [2.45, 2.75) is 0 Å². The van der Waals surface area contributed by atoms with E-state index in [9.17, 15) is 9.18 Å². The first-order valence-corrected chi connectivity index (χ1v) is 5.21. The van der Waals surface area contributed by atoms with Crippen LogP contribution in [-0.2, 0) is 0 Å². The van der Waals surface area contributed by atoms with Gasteiger partial charge in [0.15, 0.2) is 0 Å². The van der Waals surface area contributed by atoms with Crippen molar-refractivity contribution in [2.24, 2.45) is 0 Å². The van der Waals surface area contributed by atoms with Crippen molar-refractivity contribution in [1.82, 2.24) is 15.3 Å². The van der Waals surface area contributed by atoms with Gasteiger partial charge in [-0.25, -0.2) is 14.4 Å². The molecule has 2 aromatic rings. The SMILES string of the molecule is CNC(=O)c1ccc(F)c(-c2ncncc2N)c1. The lowest BCUT2D eigenvalue weighted by Gasteiger charge is -2.07. The Bertz CT molecular complexity index is 600. The van der Waals surface area contributed by atoms with Crippen LogP contribution < -0.4 is 11.1 Å². The summed E-state index contributed by atoms with van der Waals surface area (Å²) in [5, 5.41) is 2.47. The zero-order chi connectivity index (χ0) is 13.1. The normalized spacial score (nSPS) is 10.1. The van der Waals surface area contributed by atoms with Gasteiger partial charge in [0.2, 0.25) is 0 Å². The highest BCUT2D eigenvalue weighted by molar-refractivity contribution is 5.95. The van der Waals surface area contributed by atoms with Crippen LogP contribution in [0.3, 0.4) is 0 Å². The van der Waals surface area contributed by atoms with Crippen LogP contribution in [0.4, 0.5) is 10.1 Å². The molecule has 0 atom stereocenters. The predicted octanol–water partition coefficient (Wildman–Crippen LogP) is 1.22. The number of halogens is 1. The van der Waals surface area contributed by atoms with Crippen LogP contribution in [0.25, 0.3) is 11.3 Å². The Hall–Kier alpha value is -2.50. The lowest BCUT2D eigenvalue weighted by atomic mass is 10.1. The molecule has 0 unspecified atom stereocenters. The lowest BCUT2D eigenvalue weighted by molar-refractivity contribution is 0.0963. The molecule has 0 aliphatic rings. The number of aromatic nitrogens is 2. The van der Waals surface area contributed by atoms with Gasteiger partial charge in [-0.15, -0.1) is 0 Å². The fraction of sp³-hybridized carbons (Fsp3) is 0.0833. The topological polar surface area (TPSA) is 80.9 Å². The van der Waals surface area contributed by atoms with E-state index in [0.717, 1.165) is 0 Å². The Morgan fingerprint density at radius 1 is 1.44 bits per heavy atom. The van der Waals surface area contributed by atoms with Crippen molar-refractivity contribution in [3.63, 3.8) is 0 Å². The van der Waals surface area contributed by atoms with Crippen molar-refractivity contribution >= 4 is 11.6 Å². The second kappa shape index (κ2) is 4.79. The molecule has 6 heteroatoms. The Morgan fingerprint density at radius 3 is 2.89 bits per heavy atom. The van der Waals surface area contributed by atoms with E-state index in [1.54, 1.807) is 0 Å². The number of carbonyl (C=O) groups is 1. The molecule has 0 bridgehead atoms. The number of hydrogen-bond acceptors (Lipinski definition) is 4. The van der Waals surface area contributed by atoms with Gasteiger partial charge in [-0.2, -0.15) is 0 Å². The number of nitrogen functional groups attached to an aromatic ring is 1. The Balaban J connectivity index is 2.57. The molecule has 1 amide bonds. The van der Waals surface area contributed by atoms with Gasteiger partial charge in [0.25, 0.3) is 5.91 Å². The largest absolute Gasteiger partial charge is 0.396 e. The molecule has 0 fully saturated rings. The van der Waals surface area contributed by atoms with Crippen molar-refractivity contribution < 1.29 is 9.18 Å². The van der Waals surface area contributed by atoms with Crippen molar-refractivity contribution in [2.75, 3.05) is 12.8 Å². The molecule has 0 saturated carbocycles. The van der Waals surface area contributed by atoms with E-state index in [1.807, 2.05) is 0 Å². The maximum absolute atomic E-state index is 13.8. The minimum absolute atomic E-state index is 0.177. The van der Waals surface area contributed by atoms with Crippen LogP contribution in [0, 0.1) is 5.82 Å². The fourth-order valence-corrected chi connectivity index (χ4v) is 1.56. The number of hydrogen-bond donors (Lipinski definition) is 2. The summed E-state index contributed by atoms with van der Waals surface area (Å²) < 4.78 is 13.8. The number of rotatable bonds is 2. The molecular weight excluding hydrogens is 235 g/mol. The van der Waals surface area contributed by atoms with E-state index in [1.165, 1.54) is 37.8 Å². The van der Waals surface area contributed by atoms with Gasteiger partial charge in [0, 0.05) is 18.2 Å². The summed E-state index contributed by atoms with van der Waals surface area (Å²) in [7, 11) is 1.50. The summed E-state index contributed by atoms with van der Waals surface area (Å²) in [5.74, 6) is -0.795. The zero-order valence-electron chi connectivity index (χ0n) is 9.64. The van der Waals surface area contributed by atoms with Crippen LogP contribution in [0.2, 0.25) is 0 Å². The molecule has 0 spiro atoms. The average Bonchev–Trinajstić information content (AvgIpc) is 2.39. The van der Waals surface area contributed by atoms with Gasteiger partial charge >= 0.3 is 0 Å². The minimum atomic E-state index is -0.493. The quantitative estimate of drug-likeness (QED) is 0.835.